The highest BCUT2D eigenvalue weighted by molar-refractivity contribution is 6.01. The summed E-state index contributed by atoms with van der Waals surface area (Å²) < 4.78 is 11.3. The van der Waals surface area contributed by atoms with Crippen molar-refractivity contribution in [2.75, 3.05) is 23.4 Å². The van der Waals surface area contributed by atoms with E-state index in [0.717, 1.165) is 12.8 Å². The van der Waals surface area contributed by atoms with Crippen LogP contribution >= 0.6 is 0 Å². The van der Waals surface area contributed by atoms with Gasteiger partial charge < -0.3 is 19.7 Å². The van der Waals surface area contributed by atoms with E-state index in [4.69, 9.17) is 9.47 Å². The molecule has 1 aliphatic rings. The van der Waals surface area contributed by atoms with Gasteiger partial charge >= 0.3 is 0 Å². The molecular weight excluding hydrogens is 404 g/mol. The summed E-state index contributed by atoms with van der Waals surface area (Å²) >= 11 is 0. The summed E-state index contributed by atoms with van der Waals surface area (Å²) in [5.74, 6) is 0.906. The number of nitrogens with one attached hydrogen (secondary N) is 1. The molecule has 4 rings (SSSR count). The van der Waals surface area contributed by atoms with Crippen LogP contribution in [0.3, 0.4) is 0 Å². The van der Waals surface area contributed by atoms with Gasteiger partial charge in [0.15, 0.2) is 12.7 Å². The van der Waals surface area contributed by atoms with Gasteiger partial charge in [0, 0.05) is 12.2 Å². The van der Waals surface area contributed by atoms with Gasteiger partial charge in [0.2, 0.25) is 0 Å². The average Bonchev–Trinajstić information content (AvgIpc) is 2.82. The van der Waals surface area contributed by atoms with Crippen molar-refractivity contribution in [3.63, 3.8) is 0 Å². The number of carbonyl (C=O) groups excluding carboxylic acids is 2. The lowest BCUT2D eigenvalue weighted by atomic mass is 10.1. The van der Waals surface area contributed by atoms with Crippen molar-refractivity contribution in [3.8, 4) is 11.5 Å². The SMILES string of the molecule is CC1Oc2ccc(NC(=O)COc3ccccc3)cc2N(CCCc2ccccc2)C1=O. The minimum absolute atomic E-state index is 0.0820. The van der Waals surface area contributed by atoms with Crippen LogP contribution < -0.4 is 19.7 Å². The van der Waals surface area contributed by atoms with Gasteiger partial charge in [0.05, 0.1) is 5.69 Å². The standard InChI is InChI=1S/C26H26N2O4/c1-19-26(30)28(16-8-11-20-9-4-2-5-10-20)23-17-21(14-15-24(23)32-19)27-25(29)18-31-22-12-6-3-7-13-22/h2-7,9-10,12-15,17,19H,8,11,16,18H2,1H3,(H,27,29). The second-order valence-electron chi connectivity index (χ2n) is 7.67. The molecule has 3 aromatic carbocycles. The lowest BCUT2D eigenvalue weighted by Crippen LogP contribution is -2.45. The van der Waals surface area contributed by atoms with E-state index in [1.165, 1.54) is 5.56 Å². The Morgan fingerprint density at radius 3 is 2.50 bits per heavy atom. The molecule has 0 fully saturated rings. The number of anilines is 2. The van der Waals surface area contributed by atoms with E-state index in [9.17, 15) is 9.59 Å². The van der Waals surface area contributed by atoms with Crippen LogP contribution in [0.25, 0.3) is 0 Å². The van der Waals surface area contributed by atoms with Crippen molar-refractivity contribution in [1.82, 2.24) is 0 Å². The van der Waals surface area contributed by atoms with E-state index in [1.807, 2.05) is 36.4 Å². The third-order valence-electron chi connectivity index (χ3n) is 5.25. The zero-order valence-corrected chi connectivity index (χ0v) is 18.0. The van der Waals surface area contributed by atoms with Gasteiger partial charge in [0.25, 0.3) is 11.8 Å². The maximum Gasteiger partial charge on any atom is 0.267 e. The number of carbonyl (C=O) groups is 2. The summed E-state index contributed by atoms with van der Waals surface area (Å²) in [4.78, 5) is 26.9. The first kappa shape index (κ1) is 21.4. The first-order chi connectivity index (χ1) is 15.6. The van der Waals surface area contributed by atoms with Crippen molar-refractivity contribution in [2.45, 2.75) is 25.9 Å². The third-order valence-corrected chi connectivity index (χ3v) is 5.25. The number of benzene rings is 3. The Hall–Kier alpha value is -3.80. The zero-order chi connectivity index (χ0) is 22.3. The molecule has 1 N–H and O–H groups in total. The molecular formula is C26H26N2O4. The summed E-state index contributed by atoms with van der Waals surface area (Å²) in [5, 5.41) is 2.83. The fourth-order valence-corrected chi connectivity index (χ4v) is 3.66. The molecule has 3 aromatic rings. The van der Waals surface area contributed by atoms with Gasteiger partial charge in [-0.3, -0.25) is 9.59 Å². The topological polar surface area (TPSA) is 67.9 Å². The number of nitrogens with zero attached hydrogens (tertiary/aromatic N) is 1. The zero-order valence-electron chi connectivity index (χ0n) is 18.0. The van der Waals surface area contributed by atoms with E-state index in [2.05, 4.69) is 17.4 Å². The average molecular weight is 431 g/mol. The fraction of sp³-hybridized carbons (Fsp3) is 0.231. The molecule has 1 unspecified atom stereocenters. The number of rotatable bonds is 8. The minimum atomic E-state index is -0.543. The van der Waals surface area contributed by atoms with Crippen LogP contribution in [-0.4, -0.2) is 31.1 Å². The summed E-state index contributed by atoms with van der Waals surface area (Å²) in [5.41, 5.74) is 2.49. The van der Waals surface area contributed by atoms with E-state index in [-0.39, 0.29) is 18.4 Å². The van der Waals surface area contributed by atoms with Gasteiger partial charge in [-0.2, -0.15) is 0 Å². The molecule has 6 heteroatoms. The second kappa shape index (κ2) is 10.0. The summed E-state index contributed by atoms with van der Waals surface area (Å²) in [7, 11) is 0. The largest absolute Gasteiger partial charge is 0.484 e. The first-order valence-corrected chi connectivity index (χ1v) is 10.7. The quantitative estimate of drug-likeness (QED) is 0.573. The Labute approximate surface area is 187 Å². The van der Waals surface area contributed by atoms with Crippen molar-refractivity contribution in [1.29, 1.82) is 0 Å². The maximum atomic E-state index is 12.8. The molecule has 1 atom stereocenters. The van der Waals surface area contributed by atoms with Crippen molar-refractivity contribution < 1.29 is 19.1 Å². The first-order valence-electron chi connectivity index (χ1n) is 10.7. The summed E-state index contributed by atoms with van der Waals surface area (Å²) in [6.45, 7) is 2.23. The molecule has 2 amide bonds. The molecule has 1 heterocycles. The van der Waals surface area contributed by atoms with Crippen LogP contribution in [0.5, 0.6) is 11.5 Å². The van der Waals surface area contributed by atoms with Crippen molar-refractivity contribution >= 4 is 23.2 Å². The molecule has 0 aromatic heterocycles. The monoisotopic (exact) mass is 430 g/mol. The minimum Gasteiger partial charge on any atom is -0.484 e. The van der Waals surface area contributed by atoms with Gasteiger partial charge in [-0.25, -0.2) is 0 Å². The summed E-state index contributed by atoms with van der Waals surface area (Å²) in [6, 6.07) is 24.7. The molecule has 0 bridgehead atoms. The number of hydrogen-bond acceptors (Lipinski definition) is 4. The van der Waals surface area contributed by atoms with Gasteiger partial charge in [-0.1, -0.05) is 48.5 Å². The molecule has 0 radical (unpaired) electrons. The van der Waals surface area contributed by atoms with E-state index in [1.54, 1.807) is 42.2 Å². The summed E-state index contributed by atoms with van der Waals surface area (Å²) in [6.07, 6.45) is 1.16. The Balaban J connectivity index is 1.42. The number of para-hydroxylation sites is 1. The van der Waals surface area contributed by atoms with E-state index >= 15 is 0 Å². The number of hydrogen-bond donors (Lipinski definition) is 1. The van der Waals surface area contributed by atoms with Crippen LogP contribution in [0.15, 0.2) is 78.9 Å². The second-order valence-corrected chi connectivity index (χ2v) is 7.67. The number of amides is 2. The smallest absolute Gasteiger partial charge is 0.267 e. The Kier molecular flexibility index (Phi) is 6.70. The van der Waals surface area contributed by atoms with Gasteiger partial charge in [-0.15, -0.1) is 0 Å². The highest BCUT2D eigenvalue weighted by Crippen LogP contribution is 2.36. The molecule has 164 valence electrons. The van der Waals surface area contributed by atoms with Gasteiger partial charge in [-0.05, 0) is 55.7 Å². The molecule has 6 nitrogen and oxygen atoms in total. The van der Waals surface area contributed by atoms with Crippen LogP contribution in [-0.2, 0) is 16.0 Å². The maximum absolute atomic E-state index is 12.8. The molecule has 0 aliphatic carbocycles. The predicted molar refractivity (Wildman–Crippen MR) is 124 cm³/mol. The number of aryl methyl sites for hydroxylation is 1. The highest BCUT2D eigenvalue weighted by Gasteiger charge is 2.31. The number of fused-ring (bicyclic) bond motifs is 1. The Morgan fingerprint density at radius 1 is 1.03 bits per heavy atom. The molecule has 0 saturated carbocycles. The molecule has 0 spiro atoms. The fourth-order valence-electron chi connectivity index (χ4n) is 3.66. The van der Waals surface area contributed by atoms with Crippen LogP contribution in [0.4, 0.5) is 11.4 Å². The Bertz CT molecular complexity index is 1070. The molecule has 1 aliphatic heterocycles. The number of ether oxygens (including phenoxy) is 2. The third kappa shape index (κ3) is 5.27. The van der Waals surface area contributed by atoms with Crippen LogP contribution in [0.2, 0.25) is 0 Å². The normalized spacial score (nSPS) is 15.0. The van der Waals surface area contributed by atoms with Gasteiger partial charge in [0.1, 0.15) is 11.5 Å². The molecule has 32 heavy (non-hydrogen) atoms. The van der Waals surface area contributed by atoms with E-state index in [0.29, 0.717) is 29.4 Å². The Morgan fingerprint density at radius 2 is 1.75 bits per heavy atom. The highest BCUT2D eigenvalue weighted by atomic mass is 16.5. The van der Waals surface area contributed by atoms with Crippen LogP contribution in [0, 0.1) is 0 Å². The predicted octanol–water partition coefficient (Wildman–Crippen LogP) is 4.45. The van der Waals surface area contributed by atoms with Crippen molar-refractivity contribution in [3.05, 3.63) is 84.4 Å². The lowest BCUT2D eigenvalue weighted by molar-refractivity contribution is -0.125. The van der Waals surface area contributed by atoms with Crippen molar-refractivity contribution in [2.24, 2.45) is 0 Å². The lowest BCUT2D eigenvalue weighted by Gasteiger charge is -2.33. The van der Waals surface area contributed by atoms with E-state index < -0.39 is 6.10 Å². The molecule has 0 saturated heterocycles. The van der Waals surface area contributed by atoms with Crippen LogP contribution in [0.1, 0.15) is 18.9 Å².